The number of anilines is 1. The predicted molar refractivity (Wildman–Crippen MR) is 129 cm³/mol. The number of pyridine rings is 1. The Morgan fingerprint density at radius 2 is 1.92 bits per heavy atom. The van der Waals surface area contributed by atoms with E-state index in [9.17, 15) is 27.2 Å². The molecule has 2 aliphatic rings. The smallest absolute Gasteiger partial charge is 0.368 e. The first-order valence-electron chi connectivity index (χ1n) is 12.1. The van der Waals surface area contributed by atoms with Crippen LogP contribution in [0.3, 0.4) is 0 Å². The zero-order chi connectivity index (χ0) is 26.3. The molecule has 0 radical (unpaired) electrons. The van der Waals surface area contributed by atoms with Crippen molar-refractivity contribution in [2.24, 2.45) is 0 Å². The van der Waals surface area contributed by atoms with Gasteiger partial charge in [-0.25, -0.2) is 14.4 Å². The van der Waals surface area contributed by atoms with Crippen molar-refractivity contribution in [2.75, 3.05) is 38.1 Å². The third-order valence-electron chi connectivity index (χ3n) is 7.29. The van der Waals surface area contributed by atoms with Crippen LogP contribution in [-0.4, -0.2) is 65.0 Å². The van der Waals surface area contributed by atoms with E-state index >= 15 is 0 Å². The summed E-state index contributed by atoms with van der Waals surface area (Å²) < 4.78 is 55.2. The molecule has 2 aliphatic heterocycles. The largest absolute Gasteiger partial charge is 0.435 e. The van der Waals surface area contributed by atoms with Crippen LogP contribution in [0.1, 0.15) is 47.2 Å². The van der Waals surface area contributed by atoms with Gasteiger partial charge < -0.3 is 15.2 Å². The summed E-state index contributed by atoms with van der Waals surface area (Å²) in [5.41, 5.74) is -0.912. The van der Waals surface area contributed by atoms with Gasteiger partial charge >= 0.3 is 6.18 Å². The van der Waals surface area contributed by atoms with Crippen LogP contribution in [0.15, 0.2) is 35.3 Å². The number of aromatic amines is 1. The molecule has 5 rings (SSSR count). The molecule has 3 aromatic rings. The number of H-pyrrole nitrogens is 1. The third-order valence-corrected chi connectivity index (χ3v) is 7.29. The van der Waals surface area contributed by atoms with Crippen LogP contribution in [0.25, 0.3) is 10.8 Å². The summed E-state index contributed by atoms with van der Waals surface area (Å²) in [6, 6.07) is 6.58. The number of carbonyl (C=O) groups is 1. The minimum absolute atomic E-state index is 0.0547. The molecule has 0 aliphatic carbocycles. The average Bonchev–Trinajstić information content (AvgIpc) is 3.38. The Morgan fingerprint density at radius 1 is 1.16 bits per heavy atom. The number of likely N-dealkylation sites (tertiary alicyclic amines) is 1. The van der Waals surface area contributed by atoms with Crippen LogP contribution in [0, 0.1) is 5.82 Å². The number of rotatable bonds is 4. The van der Waals surface area contributed by atoms with Crippen molar-refractivity contribution >= 4 is 22.4 Å². The van der Waals surface area contributed by atoms with Crippen molar-refractivity contribution in [1.82, 2.24) is 25.2 Å². The van der Waals surface area contributed by atoms with E-state index in [0.717, 1.165) is 24.9 Å². The Kier molecular flexibility index (Phi) is 6.61. The van der Waals surface area contributed by atoms with Crippen LogP contribution in [0.2, 0.25) is 0 Å². The summed E-state index contributed by atoms with van der Waals surface area (Å²) in [6.45, 7) is 2.29. The van der Waals surface area contributed by atoms with Crippen molar-refractivity contribution in [1.29, 1.82) is 0 Å². The second kappa shape index (κ2) is 9.73. The number of alkyl halides is 3. The zero-order valence-electron chi connectivity index (χ0n) is 20.1. The van der Waals surface area contributed by atoms with Crippen LogP contribution < -0.4 is 15.8 Å². The maximum Gasteiger partial charge on any atom is 0.435 e. The molecule has 2 N–H and O–H groups in total. The fraction of sp³-hybridized carbons (Fsp3) is 0.440. The van der Waals surface area contributed by atoms with Gasteiger partial charge in [-0.2, -0.15) is 13.2 Å². The summed E-state index contributed by atoms with van der Waals surface area (Å²) in [5.74, 6) is -1.77. The standard InChI is InChI=1S/C25H26F4N6O2/c1-30-24(37)22-31-12-19(21(33-22)25(27,28)29)34-9-6-16(7-10-34)35-8-5-15(13-35)18-11-14-3-2-4-17(26)20(14)23(36)32-18/h2-4,11-12,15-16H,5-10,13H2,1H3,(H,30,37)(H,32,36). The van der Waals surface area contributed by atoms with Crippen molar-refractivity contribution in [3.63, 3.8) is 0 Å². The molecule has 8 nitrogen and oxygen atoms in total. The molecular formula is C25H26F4N6O2. The molecule has 0 bridgehead atoms. The van der Waals surface area contributed by atoms with Gasteiger partial charge in [0, 0.05) is 44.3 Å². The van der Waals surface area contributed by atoms with Gasteiger partial charge in [-0.3, -0.25) is 14.5 Å². The minimum atomic E-state index is -4.72. The number of fused-ring (bicyclic) bond motifs is 1. The van der Waals surface area contributed by atoms with E-state index in [0.29, 0.717) is 37.9 Å². The lowest BCUT2D eigenvalue weighted by molar-refractivity contribution is -0.140. The maximum atomic E-state index is 14.1. The first-order valence-corrected chi connectivity index (χ1v) is 12.1. The number of aromatic nitrogens is 3. The Bertz CT molecular complexity index is 1380. The molecule has 2 aromatic heterocycles. The van der Waals surface area contributed by atoms with Crippen LogP contribution in [0.4, 0.5) is 23.2 Å². The number of piperidine rings is 1. The number of carbonyl (C=O) groups excluding carboxylic acids is 1. The highest BCUT2D eigenvalue weighted by atomic mass is 19.4. The number of halogens is 4. The van der Waals surface area contributed by atoms with E-state index in [2.05, 4.69) is 25.2 Å². The number of hydrogen-bond donors (Lipinski definition) is 2. The Labute approximate surface area is 209 Å². The molecule has 4 heterocycles. The Hall–Kier alpha value is -3.54. The number of hydrogen-bond acceptors (Lipinski definition) is 6. The van der Waals surface area contributed by atoms with Gasteiger partial charge in [0.05, 0.1) is 17.3 Å². The highest BCUT2D eigenvalue weighted by Crippen LogP contribution is 2.37. The molecule has 1 amide bonds. The maximum absolute atomic E-state index is 14.1. The van der Waals surface area contributed by atoms with E-state index in [-0.39, 0.29) is 23.0 Å². The Balaban J connectivity index is 1.27. The minimum Gasteiger partial charge on any atom is -0.368 e. The van der Waals surface area contributed by atoms with Gasteiger partial charge in [0.15, 0.2) is 5.69 Å². The van der Waals surface area contributed by atoms with Gasteiger partial charge in [0.25, 0.3) is 11.5 Å². The highest BCUT2D eigenvalue weighted by molar-refractivity contribution is 5.90. The van der Waals surface area contributed by atoms with Gasteiger partial charge in [-0.15, -0.1) is 0 Å². The lowest BCUT2D eigenvalue weighted by Gasteiger charge is -2.38. The quantitative estimate of drug-likeness (QED) is 0.515. The summed E-state index contributed by atoms with van der Waals surface area (Å²) in [6.07, 6.45) is -1.52. The average molecular weight is 519 g/mol. The fourth-order valence-corrected chi connectivity index (χ4v) is 5.40. The Morgan fingerprint density at radius 3 is 2.62 bits per heavy atom. The molecule has 0 spiro atoms. The van der Waals surface area contributed by atoms with Crippen molar-refractivity contribution in [2.45, 2.75) is 37.4 Å². The molecule has 37 heavy (non-hydrogen) atoms. The molecular weight excluding hydrogens is 492 g/mol. The molecule has 2 fully saturated rings. The lowest BCUT2D eigenvalue weighted by atomic mass is 10.0. The first kappa shape index (κ1) is 25.1. The molecule has 196 valence electrons. The topological polar surface area (TPSA) is 94.2 Å². The van der Waals surface area contributed by atoms with E-state index < -0.39 is 35.0 Å². The summed E-state index contributed by atoms with van der Waals surface area (Å²) in [7, 11) is 1.30. The number of nitrogens with zero attached hydrogens (tertiary/aromatic N) is 4. The highest BCUT2D eigenvalue weighted by Gasteiger charge is 2.39. The van der Waals surface area contributed by atoms with Crippen LogP contribution >= 0.6 is 0 Å². The van der Waals surface area contributed by atoms with Gasteiger partial charge in [0.2, 0.25) is 5.82 Å². The summed E-state index contributed by atoms with van der Waals surface area (Å²) in [4.78, 5) is 38.3. The summed E-state index contributed by atoms with van der Waals surface area (Å²) in [5, 5.41) is 2.86. The zero-order valence-corrected chi connectivity index (χ0v) is 20.1. The van der Waals surface area contributed by atoms with Gasteiger partial charge in [-0.05, 0) is 43.3 Å². The molecule has 1 aromatic carbocycles. The normalized spacial score (nSPS) is 19.5. The molecule has 1 unspecified atom stereocenters. The van der Waals surface area contributed by atoms with E-state index in [1.807, 2.05) is 6.07 Å². The van der Waals surface area contributed by atoms with Crippen LogP contribution in [-0.2, 0) is 6.18 Å². The third kappa shape index (κ3) is 4.89. The molecule has 0 saturated carbocycles. The number of amides is 1. The second-order valence-electron chi connectivity index (χ2n) is 9.46. The second-order valence-corrected chi connectivity index (χ2v) is 9.46. The van der Waals surface area contributed by atoms with Gasteiger partial charge in [0.1, 0.15) is 5.82 Å². The molecule has 1 atom stereocenters. The van der Waals surface area contributed by atoms with Crippen LogP contribution in [0.5, 0.6) is 0 Å². The number of benzene rings is 1. The number of nitrogens with one attached hydrogen (secondary N) is 2. The lowest BCUT2D eigenvalue weighted by Crippen LogP contribution is -2.44. The van der Waals surface area contributed by atoms with E-state index in [4.69, 9.17) is 0 Å². The van der Waals surface area contributed by atoms with Crippen molar-refractivity contribution in [3.05, 3.63) is 63.8 Å². The summed E-state index contributed by atoms with van der Waals surface area (Å²) >= 11 is 0. The van der Waals surface area contributed by atoms with E-state index in [1.165, 1.54) is 13.1 Å². The van der Waals surface area contributed by atoms with Crippen molar-refractivity contribution < 1.29 is 22.4 Å². The molecule has 12 heteroatoms. The predicted octanol–water partition coefficient (Wildman–Crippen LogP) is 3.29. The van der Waals surface area contributed by atoms with Crippen molar-refractivity contribution in [3.8, 4) is 0 Å². The molecule has 2 saturated heterocycles. The fourth-order valence-electron chi connectivity index (χ4n) is 5.40. The first-order chi connectivity index (χ1) is 17.7. The van der Waals surface area contributed by atoms with Gasteiger partial charge in [-0.1, -0.05) is 12.1 Å². The SMILES string of the molecule is CNC(=O)c1ncc(N2CCC(N3CCC(c4cc5cccc(F)c5c(=O)[nH]4)C3)CC2)c(C(F)(F)F)n1. The monoisotopic (exact) mass is 518 g/mol. The van der Waals surface area contributed by atoms with E-state index in [1.54, 1.807) is 17.0 Å².